The Morgan fingerprint density at radius 1 is 1.53 bits per heavy atom. The van der Waals surface area contributed by atoms with Gasteiger partial charge < -0.3 is 10.8 Å². The second-order valence-electron chi connectivity index (χ2n) is 4.78. The highest BCUT2D eigenvalue weighted by molar-refractivity contribution is 7.89. The molecule has 0 aliphatic carbocycles. The Hall–Kier alpha value is -1.18. The molecule has 2 unspecified atom stereocenters. The summed E-state index contributed by atoms with van der Waals surface area (Å²) in [6.07, 6.45) is 0.666. The van der Waals surface area contributed by atoms with E-state index in [1.54, 1.807) is 0 Å². The monoisotopic (exact) mass is 288 g/mol. The van der Waals surface area contributed by atoms with Gasteiger partial charge >= 0.3 is 0 Å². The molecule has 19 heavy (non-hydrogen) atoms. The summed E-state index contributed by atoms with van der Waals surface area (Å²) in [6, 6.07) is 3.23. The molecule has 5 nitrogen and oxygen atoms in total. The summed E-state index contributed by atoms with van der Waals surface area (Å²) in [7, 11) is -3.88. The molecule has 0 bridgehead atoms. The van der Waals surface area contributed by atoms with Crippen molar-refractivity contribution in [3.05, 3.63) is 24.0 Å². The number of halogens is 1. The molecule has 0 aromatic heterocycles. The van der Waals surface area contributed by atoms with Crippen LogP contribution < -0.4 is 5.73 Å². The molecule has 0 radical (unpaired) electrons. The van der Waals surface area contributed by atoms with Crippen molar-refractivity contribution in [2.24, 2.45) is 5.92 Å². The van der Waals surface area contributed by atoms with Gasteiger partial charge in [0.15, 0.2) is 0 Å². The van der Waals surface area contributed by atoms with Crippen molar-refractivity contribution >= 4 is 15.7 Å². The first-order valence-corrected chi connectivity index (χ1v) is 7.50. The van der Waals surface area contributed by atoms with Crippen molar-refractivity contribution in [3.63, 3.8) is 0 Å². The highest BCUT2D eigenvalue weighted by atomic mass is 32.2. The summed E-state index contributed by atoms with van der Waals surface area (Å²) < 4.78 is 39.6. The first-order valence-electron chi connectivity index (χ1n) is 6.06. The lowest BCUT2D eigenvalue weighted by atomic mass is 10.0. The third kappa shape index (κ3) is 2.33. The molecule has 0 spiro atoms. The van der Waals surface area contributed by atoms with Crippen LogP contribution in [0.5, 0.6) is 0 Å². The van der Waals surface area contributed by atoms with Gasteiger partial charge in [0, 0.05) is 6.54 Å². The van der Waals surface area contributed by atoms with E-state index in [0.717, 1.165) is 6.07 Å². The second-order valence-corrected chi connectivity index (χ2v) is 6.64. The predicted molar refractivity (Wildman–Crippen MR) is 69.4 cm³/mol. The van der Waals surface area contributed by atoms with E-state index in [1.165, 1.54) is 16.4 Å². The first kappa shape index (κ1) is 14.2. The molecule has 0 amide bonds. The maximum absolute atomic E-state index is 13.4. The number of sulfonamides is 1. The fourth-order valence-electron chi connectivity index (χ4n) is 2.41. The summed E-state index contributed by atoms with van der Waals surface area (Å²) in [5.41, 5.74) is 5.14. The third-order valence-electron chi connectivity index (χ3n) is 3.62. The summed E-state index contributed by atoms with van der Waals surface area (Å²) in [4.78, 5) is -0.236. The molecule has 2 atom stereocenters. The number of nitrogens with two attached hydrogens (primary N) is 1. The standard InChI is InChI=1S/C12H17FN2O3S/c1-8-5-6-15(10(8)7-16)19(17,18)11-4-2-3-9(13)12(11)14/h2-4,8,10,16H,5-7,14H2,1H3. The highest BCUT2D eigenvalue weighted by Crippen LogP contribution is 2.32. The number of aliphatic hydroxyl groups excluding tert-OH is 1. The van der Waals surface area contributed by atoms with E-state index < -0.39 is 21.9 Å². The zero-order valence-electron chi connectivity index (χ0n) is 10.6. The lowest BCUT2D eigenvalue weighted by molar-refractivity contribution is 0.191. The molecule has 0 saturated carbocycles. The Labute approximate surface area is 111 Å². The molecule has 1 aliphatic heterocycles. The minimum atomic E-state index is -3.88. The van der Waals surface area contributed by atoms with Gasteiger partial charge in [0.05, 0.1) is 18.3 Å². The number of hydrogen-bond acceptors (Lipinski definition) is 4. The van der Waals surface area contributed by atoms with Crippen molar-refractivity contribution in [2.45, 2.75) is 24.3 Å². The van der Waals surface area contributed by atoms with Crippen LogP contribution in [0.25, 0.3) is 0 Å². The molecule has 1 aromatic rings. The van der Waals surface area contributed by atoms with E-state index in [1.807, 2.05) is 6.92 Å². The van der Waals surface area contributed by atoms with Crippen LogP contribution in [-0.2, 0) is 10.0 Å². The van der Waals surface area contributed by atoms with E-state index in [2.05, 4.69) is 0 Å². The molecule has 2 rings (SSSR count). The molecule has 1 saturated heterocycles. The van der Waals surface area contributed by atoms with Gasteiger partial charge in [0.2, 0.25) is 10.0 Å². The number of hydrogen-bond donors (Lipinski definition) is 2. The van der Waals surface area contributed by atoms with Crippen LogP contribution in [0.1, 0.15) is 13.3 Å². The average Bonchev–Trinajstić information content (AvgIpc) is 2.74. The van der Waals surface area contributed by atoms with Gasteiger partial charge in [-0.05, 0) is 24.5 Å². The van der Waals surface area contributed by atoms with Crippen LogP contribution in [0.3, 0.4) is 0 Å². The zero-order chi connectivity index (χ0) is 14.2. The number of para-hydroxylation sites is 1. The predicted octanol–water partition coefficient (Wildman–Crippen LogP) is 0.799. The Balaban J connectivity index is 2.46. The van der Waals surface area contributed by atoms with Crippen LogP contribution in [0.15, 0.2) is 23.1 Å². The molecule has 7 heteroatoms. The number of aliphatic hydroxyl groups is 1. The highest BCUT2D eigenvalue weighted by Gasteiger charge is 2.40. The van der Waals surface area contributed by atoms with Gasteiger partial charge in [-0.1, -0.05) is 13.0 Å². The summed E-state index contributed by atoms with van der Waals surface area (Å²) in [5, 5.41) is 9.33. The van der Waals surface area contributed by atoms with Gasteiger partial charge in [-0.2, -0.15) is 4.31 Å². The smallest absolute Gasteiger partial charge is 0.245 e. The number of nitrogens with zero attached hydrogens (tertiary/aromatic N) is 1. The largest absolute Gasteiger partial charge is 0.395 e. The lowest BCUT2D eigenvalue weighted by Gasteiger charge is -2.25. The van der Waals surface area contributed by atoms with Crippen molar-refractivity contribution in [2.75, 3.05) is 18.9 Å². The van der Waals surface area contributed by atoms with E-state index >= 15 is 0 Å². The fourth-order valence-corrected chi connectivity index (χ4v) is 4.27. The van der Waals surface area contributed by atoms with Crippen LogP contribution in [0.2, 0.25) is 0 Å². The van der Waals surface area contributed by atoms with Gasteiger partial charge in [-0.25, -0.2) is 12.8 Å². The molecule has 1 aromatic carbocycles. The quantitative estimate of drug-likeness (QED) is 0.806. The topological polar surface area (TPSA) is 83.6 Å². The Bertz CT molecular complexity index is 576. The van der Waals surface area contributed by atoms with Gasteiger partial charge in [0.1, 0.15) is 10.7 Å². The molecular formula is C12H17FN2O3S. The number of benzene rings is 1. The van der Waals surface area contributed by atoms with Crippen molar-refractivity contribution in [1.82, 2.24) is 4.31 Å². The van der Waals surface area contributed by atoms with Crippen molar-refractivity contribution in [1.29, 1.82) is 0 Å². The van der Waals surface area contributed by atoms with E-state index in [-0.39, 0.29) is 23.1 Å². The van der Waals surface area contributed by atoms with E-state index in [0.29, 0.717) is 13.0 Å². The number of nitrogen functional groups attached to an aromatic ring is 1. The summed E-state index contributed by atoms with van der Waals surface area (Å²) in [5.74, 6) is -0.691. The zero-order valence-corrected chi connectivity index (χ0v) is 11.4. The first-order chi connectivity index (χ1) is 8.89. The minimum absolute atomic E-state index is 0.0644. The van der Waals surface area contributed by atoms with Crippen LogP contribution in [0.4, 0.5) is 10.1 Å². The molecule has 1 fully saturated rings. The molecule has 3 N–H and O–H groups in total. The SMILES string of the molecule is CC1CCN(S(=O)(=O)c2cccc(F)c2N)C1CO. The normalized spacial score (nSPS) is 24.8. The van der Waals surface area contributed by atoms with Gasteiger partial charge in [-0.3, -0.25) is 0 Å². The van der Waals surface area contributed by atoms with Gasteiger partial charge in [-0.15, -0.1) is 0 Å². The minimum Gasteiger partial charge on any atom is -0.395 e. The molecular weight excluding hydrogens is 271 g/mol. The molecule has 1 heterocycles. The van der Waals surface area contributed by atoms with Crippen LogP contribution in [0, 0.1) is 11.7 Å². The maximum Gasteiger partial charge on any atom is 0.245 e. The van der Waals surface area contributed by atoms with Crippen LogP contribution in [-0.4, -0.2) is 37.0 Å². The average molecular weight is 288 g/mol. The Kier molecular flexibility index (Phi) is 3.80. The van der Waals surface area contributed by atoms with E-state index in [9.17, 15) is 17.9 Å². The number of rotatable bonds is 3. The van der Waals surface area contributed by atoms with E-state index in [4.69, 9.17) is 5.73 Å². The Morgan fingerprint density at radius 3 is 2.84 bits per heavy atom. The molecule has 106 valence electrons. The van der Waals surface area contributed by atoms with Gasteiger partial charge in [0.25, 0.3) is 0 Å². The maximum atomic E-state index is 13.4. The van der Waals surface area contributed by atoms with Crippen LogP contribution >= 0.6 is 0 Å². The fraction of sp³-hybridized carbons (Fsp3) is 0.500. The number of anilines is 1. The second kappa shape index (κ2) is 5.07. The third-order valence-corrected chi connectivity index (χ3v) is 5.60. The molecule has 1 aliphatic rings. The summed E-state index contributed by atoms with van der Waals surface area (Å²) >= 11 is 0. The van der Waals surface area contributed by atoms with Crippen molar-refractivity contribution < 1.29 is 17.9 Å². The summed E-state index contributed by atoms with van der Waals surface area (Å²) in [6.45, 7) is 1.94. The lowest BCUT2D eigenvalue weighted by Crippen LogP contribution is -2.40. The van der Waals surface area contributed by atoms with Crippen molar-refractivity contribution in [3.8, 4) is 0 Å². The Morgan fingerprint density at radius 2 is 2.21 bits per heavy atom.